The van der Waals surface area contributed by atoms with Crippen LogP contribution in [0.4, 0.5) is 0 Å². The van der Waals surface area contributed by atoms with Gasteiger partial charge in [0.05, 0.1) is 6.54 Å². The molecule has 6 nitrogen and oxygen atoms in total. The van der Waals surface area contributed by atoms with E-state index in [-0.39, 0.29) is 12.5 Å². The highest BCUT2D eigenvalue weighted by molar-refractivity contribution is 5.93. The molecule has 0 aliphatic carbocycles. The number of aliphatic hydroxyl groups excluding tert-OH is 1. The fourth-order valence-electron chi connectivity index (χ4n) is 1.08. The third kappa shape index (κ3) is 2.81. The van der Waals surface area contributed by atoms with Crippen molar-refractivity contribution >= 4 is 11.8 Å². The van der Waals surface area contributed by atoms with Crippen LogP contribution in [0.2, 0.25) is 0 Å². The Hall–Kier alpha value is -1.82. The van der Waals surface area contributed by atoms with Crippen molar-refractivity contribution in [1.29, 1.82) is 0 Å². The van der Waals surface area contributed by atoms with Crippen LogP contribution in [0, 0.1) is 0 Å². The molecule has 0 aliphatic heterocycles. The van der Waals surface area contributed by atoms with E-state index in [0.29, 0.717) is 5.69 Å². The molecule has 1 heterocycles. The second-order valence-electron chi connectivity index (χ2n) is 3.13. The molecular formula is C9H13N3O3. The summed E-state index contributed by atoms with van der Waals surface area (Å²) in [6, 6.07) is 3.35. The van der Waals surface area contributed by atoms with Gasteiger partial charge in [0.15, 0.2) is 0 Å². The molecule has 0 saturated heterocycles. The monoisotopic (exact) mass is 211 g/mol. The average Bonchev–Trinajstić information content (AvgIpc) is 2.60. The number of nitrogens with two attached hydrogens (primary N) is 1. The minimum Gasteiger partial charge on any atom is -0.381 e. The highest BCUT2D eigenvalue weighted by Crippen LogP contribution is 1.98. The number of hydrogen-bond acceptors (Lipinski definition) is 3. The molecule has 0 bridgehead atoms. The smallest absolute Gasteiger partial charge is 0.267 e. The summed E-state index contributed by atoms with van der Waals surface area (Å²) in [4.78, 5) is 21.9. The Labute approximate surface area is 86.7 Å². The quantitative estimate of drug-likeness (QED) is 0.571. The van der Waals surface area contributed by atoms with Crippen molar-refractivity contribution in [3.63, 3.8) is 0 Å². The molecule has 1 unspecified atom stereocenters. The molecule has 0 aliphatic rings. The number of nitrogens with one attached hydrogen (secondary N) is 1. The van der Waals surface area contributed by atoms with E-state index in [4.69, 9.17) is 10.8 Å². The van der Waals surface area contributed by atoms with Crippen molar-refractivity contribution in [3.8, 4) is 0 Å². The average molecular weight is 211 g/mol. The lowest BCUT2D eigenvalue weighted by atomic mass is 10.3. The van der Waals surface area contributed by atoms with E-state index in [0.717, 1.165) is 0 Å². The summed E-state index contributed by atoms with van der Waals surface area (Å²) in [5.41, 5.74) is 5.28. The van der Waals surface area contributed by atoms with Gasteiger partial charge in [-0.05, 0) is 12.1 Å². The first-order chi connectivity index (χ1) is 7.02. The van der Waals surface area contributed by atoms with Crippen LogP contribution in [-0.4, -0.2) is 34.1 Å². The van der Waals surface area contributed by atoms with Gasteiger partial charge in [-0.2, -0.15) is 0 Å². The van der Waals surface area contributed by atoms with Crippen LogP contribution < -0.4 is 11.1 Å². The minimum atomic E-state index is -1.35. The van der Waals surface area contributed by atoms with Gasteiger partial charge in [-0.25, -0.2) is 0 Å². The lowest BCUT2D eigenvalue weighted by Gasteiger charge is -2.08. The zero-order valence-electron chi connectivity index (χ0n) is 8.30. The number of primary amides is 1. The van der Waals surface area contributed by atoms with E-state index in [9.17, 15) is 9.59 Å². The molecule has 6 heteroatoms. The van der Waals surface area contributed by atoms with Crippen LogP contribution in [0.1, 0.15) is 10.5 Å². The van der Waals surface area contributed by atoms with Crippen LogP contribution in [0.15, 0.2) is 18.3 Å². The van der Waals surface area contributed by atoms with E-state index < -0.39 is 12.0 Å². The molecular weight excluding hydrogens is 198 g/mol. The summed E-state index contributed by atoms with van der Waals surface area (Å²) < 4.78 is 1.63. The summed E-state index contributed by atoms with van der Waals surface area (Å²) in [5.74, 6) is -1.22. The topological polar surface area (TPSA) is 97.3 Å². The van der Waals surface area contributed by atoms with Gasteiger partial charge >= 0.3 is 0 Å². The number of aromatic nitrogens is 1. The van der Waals surface area contributed by atoms with Gasteiger partial charge < -0.3 is 20.7 Å². The maximum Gasteiger partial charge on any atom is 0.267 e. The molecule has 1 atom stereocenters. The van der Waals surface area contributed by atoms with E-state index >= 15 is 0 Å². The number of carbonyl (C=O) groups is 2. The van der Waals surface area contributed by atoms with Crippen molar-refractivity contribution < 1.29 is 14.7 Å². The van der Waals surface area contributed by atoms with Gasteiger partial charge in [-0.15, -0.1) is 0 Å². The molecule has 1 aromatic rings. The molecule has 0 spiro atoms. The maximum absolute atomic E-state index is 11.5. The Morgan fingerprint density at radius 3 is 2.80 bits per heavy atom. The number of aliphatic hydroxyl groups is 1. The van der Waals surface area contributed by atoms with E-state index in [1.807, 2.05) is 0 Å². The Morgan fingerprint density at radius 1 is 1.67 bits per heavy atom. The molecule has 0 radical (unpaired) electrons. The van der Waals surface area contributed by atoms with E-state index in [1.54, 1.807) is 29.9 Å². The number of hydrogen-bond donors (Lipinski definition) is 3. The highest BCUT2D eigenvalue weighted by Gasteiger charge is 2.14. The largest absolute Gasteiger partial charge is 0.381 e. The summed E-state index contributed by atoms with van der Waals surface area (Å²) in [6.45, 7) is -0.181. The zero-order chi connectivity index (χ0) is 11.4. The number of aryl methyl sites for hydroxylation is 1. The lowest BCUT2D eigenvalue weighted by molar-refractivity contribution is -0.125. The highest BCUT2D eigenvalue weighted by atomic mass is 16.3. The van der Waals surface area contributed by atoms with Crippen molar-refractivity contribution in [3.05, 3.63) is 24.0 Å². The Bertz CT molecular complexity index is 372. The van der Waals surface area contributed by atoms with Crippen molar-refractivity contribution in [1.82, 2.24) is 9.88 Å². The first kappa shape index (κ1) is 11.3. The van der Waals surface area contributed by atoms with Crippen LogP contribution in [0.3, 0.4) is 0 Å². The molecule has 1 rings (SSSR count). The summed E-state index contributed by atoms with van der Waals surface area (Å²) in [5, 5.41) is 11.4. The Kier molecular flexibility index (Phi) is 3.46. The molecule has 2 amide bonds. The van der Waals surface area contributed by atoms with Gasteiger partial charge in [0.2, 0.25) is 5.91 Å². The van der Waals surface area contributed by atoms with E-state index in [2.05, 4.69) is 5.32 Å². The second-order valence-corrected chi connectivity index (χ2v) is 3.13. The van der Waals surface area contributed by atoms with E-state index in [1.165, 1.54) is 0 Å². The van der Waals surface area contributed by atoms with Gasteiger partial charge in [0.25, 0.3) is 5.91 Å². The third-order valence-corrected chi connectivity index (χ3v) is 1.96. The normalized spacial score (nSPS) is 12.1. The Balaban J connectivity index is 2.51. The van der Waals surface area contributed by atoms with Gasteiger partial charge in [0, 0.05) is 13.2 Å². The molecule has 82 valence electrons. The third-order valence-electron chi connectivity index (χ3n) is 1.96. The SMILES string of the molecule is Cn1cccc1C(=O)NCC(O)C(N)=O. The van der Waals surface area contributed by atoms with Crippen LogP contribution in [0.25, 0.3) is 0 Å². The summed E-state index contributed by atoms with van der Waals surface area (Å²) in [6.07, 6.45) is 0.369. The first-order valence-corrected chi connectivity index (χ1v) is 4.39. The van der Waals surface area contributed by atoms with Crippen molar-refractivity contribution in [2.75, 3.05) is 6.54 Å². The zero-order valence-corrected chi connectivity index (χ0v) is 8.30. The summed E-state index contributed by atoms with van der Waals surface area (Å²) in [7, 11) is 1.72. The fourth-order valence-corrected chi connectivity index (χ4v) is 1.08. The molecule has 0 aromatic carbocycles. The first-order valence-electron chi connectivity index (χ1n) is 4.39. The summed E-state index contributed by atoms with van der Waals surface area (Å²) >= 11 is 0. The number of rotatable bonds is 4. The molecule has 15 heavy (non-hydrogen) atoms. The molecule has 1 aromatic heterocycles. The predicted molar refractivity (Wildman–Crippen MR) is 52.9 cm³/mol. The van der Waals surface area contributed by atoms with Gasteiger partial charge in [-0.1, -0.05) is 0 Å². The number of amides is 2. The minimum absolute atomic E-state index is 0.181. The van der Waals surface area contributed by atoms with Crippen molar-refractivity contribution in [2.24, 2.45) is 12.8 Å². The second kappa shape index (κ2) is 4.61. The molecule has 4 N–H and O–H groups in total. The number of carbonyl (C=O) groups excluding carboxylic acids is 2. The predicted octanol–water partition coefficient (Wildman–Crippen LogP) is -1.40. The van der Waals surface area contributed by atoms with Crippen LogP contribution in [0.5, 0.6) is 0 Å². The fraction of sp³-hybridized carbons (Fsp3) is 0.333. The standard InChI is InChI=1S/C9H13N3O3/c1-12-4-2-3-6(12)9(15)11-5-7(13)8(10)14/h2-4,7,13H,5H2,1H3,(H2,10,14)(H,11,15). The van der Waals surface area contributed by atoms with Crippen LogP contribution in [-0.2, 0) is 11.8 Å². The van der Waals surface area contributed by atoms with Gasteiger partial charge in [0.1, 0.15) is 11.8 Å². The van der Waals surface area contributed by atoms with Gasteiger partial charge in [-0.3, -0.25) is 9.59 Å². The molecule has 0 saturated carbocycles. The number of nitrogens with zero attached hydrogens (tertiary/aromatic N) is 1. The molecule has 0 fully saturated rings. The maximum atomic E-state index is 11.5. The lowest BCUT2D eigenvalue weighted by Crippen LogP contribution is -2.40. The van der Waals surface area contributed by atoms with Crippen LogP contribution >= 0.6 is 0 Å². The Morgan fingerprint density at radius 2 is 2.33 bits per heavy atom. The van der Waals surface area contributed by atoms with Crippen molar-refractivity contribution in [2.45, 2.75) is 6.10 Å².